The molecule has 0 saturated carbocycles. The van der Waals surface area contributed by atoms with E-state index < -0.39 is 0 Å². The van der Waals surface area contributed by atoms with Crippen molar-refractivity contribution in [2.24, 2.45) is 0 Å². The van der Waals surface area contributed by atoms with Crippen LogP contribution in [-0.4, -0.2) is 44.6 Å². The van der Waals surface area contributed by atoms with Crippen LogP contribution >= 0.6 is 11.8 Å². The quantitative estimate of drug-likeness (QED) is 0.404. The first-order valence-electron chi connectivity index (χ1n) is 12.2. The molecule has 0 spiro atoms. The summed E-state index contributed by atoms with van der Waals surface area (Å²) in [7, 11) is 3.47. The van der Waals surface area contributed by atoms with Gasteiger partial charge in [-0.2, -0.15) is 0 Å². The van der Waals surface area contributed by atoms with Crippen LogP contribution in [0.3, 0.4) is 0 Å². The fraction of sp³-hybridized carbons (Fsp3) is 0.345. The summed E-state index contributed by atoms with van der Waals surface area (Å²) in [6, 6.07) is 23.4. The first-order chi connectivity index (χ1) is 17.0. The lowest BCUT2D eigenvalue weighted by Gasteiger charge is -2.33. The van der Waals surface area contributed by atoms with Crippen molar-refractivity contribution in [3.63, 3.8) is 0 Å². The molecule has 0 atom stereocenters. The van der Waals surface area contributed by atoms with E-state index in [1.54, 1.807) is 25.9 Å². The Bertz CT molecular complexity index is 1110. The number of carbonyl (C=O) groups excluding carboxylic acids is 1. The van der Waals surface area contributed by atoms with Crippen LogP contribution in [0.4, 0.5) is 5.69 Å². The first-order valence-corrected chi connectivity index (χ1v) is 13.0. The number of anilines is 1. The van der Waals surface area contributed by atoms with Gasteiger partial charge in [0.05, 0.1) is 13.7 Å². The van der Waals surface area contributed by atoms with Crippen LogP contribution in [0, 0.1) is 6.92 Å². The van der Waals surface area contributed by atoms with Gasteiger partial charge in [-0.1, -0.05) is 30.0 Å². The minimum atomic E-state index is -0.00876. The van der Waals surface area contributed by atoms with E-state index in [9.17, 15) is 4.79 Å². The van der Waals surface area contributed by atoms with Gasteiger partial charge in [0.15, 0.2) is 0 Å². The lowest BCUT2D eigenvalue weighted by molar-refractivity contribution is -0.115. The van der Waals surface area contributed by atoms with Gasteiger partial charge in [-0.25, -0.2) is 0 Å². The third-order valence-corrected chi connectivity index (χ3v) is 7.57. The van der Waals surface area contributed by atoms with E-state index in [1.807, 2.05) is 18.2 Å². The molecule has 0 unspecified atom stereocenters. The Morgan fingerprint density at radius 3 is 2.29 bits per heavy atom. The molecule has 1 heterocycles. The van der Waals surface area contributed by atoms with Crippen molar-refractivity contribution >= 4 is 23.4 Å². The monoisotopic (exact) mass is 489 g/mol. The number of likely N-dealkylation sites (tertiary alicyclic amines) is 1. The topological polar surface area (TPSA) is 53.6 Å². The molecule has 1 aliphatic heterocycles. The average molecular weight is 490 g/mol. The molecule has 0 bridgehead atoms. The van der Waals surface area contributed by atoms with Crippen LogP contribution in [0.5, 0.6) is 5.75 Å². The van der Waals surface area contributed by atoms with Gasteiger partial charge in [0.2, 0.25) is 5.91 Å². The second-order valence-corrected chi connectivity index (χ2v) is 10.3. The molecule has 1 fully saturated rings. The summed E-state index contributed by atoms with van der Waals surface area (Å²) in [6.45, 7) is 5.65. The normalized spacial score (nSPS) is 14.6. The molecule has 3 aromatic rings. The molecular formula is C29H35N3O2S. The van der Waals surface area contributed by atoms with E-state index in [0.717, 1.165) is 43.9 Å². The minimum absolute atomic E-state index is 0.00876. The van der Waals surface area contributed by atoms with Crippen LogP contribution in [0.25, 0.3) is 0 Å². The highest BCUT2D eigenvalue weighted by Gasteiger charge is 2.22. The maximum absolute atomic E-state index is 12.0. The van der Waals surface area contributed by atoms with Gasteiger partial charge in [0.25, 0.3) is 0 Å². The first kappa shape index (κ1) is 25.3. The zero-order chi connectivity index (χ0) is 24.6. The van der Waals surface area contributed by atoms with Crippen molar-refractivity contribution in [1.29, 1.82) is 0 Å². The molecule has 184 valence electrons. The van der Waals surface area contributed by atoms with Crippen LogP contribution in [0.15, 0.2) is 76.5 Å². The molecule has 5 nitrogen and oxygen atoms in total. The summed E-state index contributed by atoms with van der Waals surface area (Å²) >= 11 is 1.77. The number of nitrogens with zero attached hydrogens (tertiary/aromatic N) is 1. The summed E-state index contributed by atoms with van der Waals surface area (Å²) in [5, 5.41) is 5.89. The molecule has 0 aliphatic carbocycles. The fourth-order valence-electron chi connectivity index (χ4n) is 4.63. The zero-order valence-corrected chi connectivity index (χ0v) is 21.7. The highest BCUT2D eigenvalue weighted by Crippen LogP contribution is 2.33. The van der Waals surface area contributed by atoms with Gasteiger partial charge < -0.3 is 15.4 Å². The summed E-state index contributed by atoms with van der Waals surface area (Å²) in [5.41, 5.74) is 4.92. The number of ether oxygens (including phenoxy) is 1. The number of hydrogen-bond donors (Lipinski definition) is 2. The molecule has 6 heteroatoms. The molecule has 0 aromatic heterocycles. The second-order valence-electron chi connectivity index (χ2n) is 9.12. The summed E-state index contributed by atoms with van der Waals surface area (Å²) in [5.74, 6) is 1.41. The van der Waals surface area contributed by atoms with Crippen LogP contribution in [0.2, 0.25) is 0 Å². The van der Waals surface area contributed by atoms with E-state index in [-0.39, 0.29) is 5.91 Å². The van der Waals surface area contributed by atoms with Crippen molar-refractivity contribution in [3.05, 3.63) is 83.4 Å². The third-order valence-electron chi connectivity index (χ3n) is 6.55. The molecule has 1 aliphatic rings. The SMILES string of the molecule is CNCC(=O)Nc1ccc(C)c(C2CCN(Cc3ccc(Sc4ccc(OC)cc4)cc3)CC2)c1. The number of likely N-dealkylation sites (N-methyl/N-ethyl adjacent to an activating group) is 1. The Kier molecular flexibility index (Phi) is 8.85. The van der Waals surface area contributed by atoms with Crippen molar-refractivity contribution in [2.75, 3.05) is 39.1 Å². The molecule has 1 amide bonds. The molecule has 0 radical (unpaired) electrons. The van der Waals surface area contributed by atoms with Crippen LogP contribution in [-0.2, 0) is 11.3 Å². The largest absolute Gasteiger partial charge is 0.497 e. The van der Waals surface area contributed by atoms with E-state index in [2.05, 4.69) is 71.0 Å². The number of piperidine rings is 1. The lowest BCUT2D eigenvalue weighted by atomic mass is 9.86. The number of hydrogen-bond acceptors (Lipinski definition) is 5. The maximum Gasteiger partial charge on any atom is 0.238 e. The van der Waals surface area contributed by atoms with E-state index >= 15 is 0 Å². The lowest BCUT2D eigenvalue weighted by Crippen LogP contribution is -2.32. The van der Waals surface area contributed by atoms with Gasteiger partial charge in [-0.15, -0.1) is 0 Å². The van der Waals surface area contributed by atoms with Gasteiger partial charge in [-0.3, -0.25) is 9.69 Å². The van der Waals surface area contributed by atoms with E-state index in [0.29, 0.717) is 12.5 Å². The van der Waals surface area contributed by atoms with Crippen LogP contribution in [0.1, 0.15) is 35.4 Å². The Balaban J connectivity index is 1.29. The summed E-state index contributed by atoms with van der Waals surface area (Å²) < 4.78 is 5.24. The molecule has 3 aromatic carbocycles. The predicted octanol–water partition coefficient (Wildman–Crippen LogP) is 5.69. The number of methoxy groups -OCH3 is 1. The Labute approximate surface area is 213 Å². The fourth-order valence-corrected chi connectivity index (χ4v) is 5.44. The Hall–Kier alpha value is -2.80. The molecule has 1 saturated heterocycles. The number of nitrogens with one attached hydrogen (secondary N) is 2. The number of rotatable bonds is 9. The maximum atomic E-state index is 12.0. The molecule has 35 heavy (non-hydrogen) atoms. The molecular weight excluding hydrogens is 454 g/mol. The number of amides is 1. The van der Waals surface area contributed by atoms with Crippen molar-refractivity contribution < 1.29 is 9.53 Å². The highest BCUT2D eigenvalue weighted by molar-refractivity contribution is 7.99. The number of carbonyl (C=O) groups is 1. The van der Waals surface area contributed by atoms with Crippen molar-refractivity contribution in [2.45, 2.75) is 42.0 Å². The molecule has 2 N–H and O–H groups in total. The van der Waals surface area contributed by atoms with Gasteiger partial charge in [0.1, 0.15) is 5.75 Å². The summed E-state index contributed by atoms with van der Waals surface area (Å²) in [6.07, 6.45) is 2.28. The van der Waals surface area contributed by atoms with Crippen molar-refractivity contribution in [3.8, 4) is 5.75 Å². The third kappa shape index (κ3) is 7.10. The predicted molar refractivity (Wildman–Crippen MR) is 145 cm³/mol. The number of benzene rings is 3. The highest BCUT2D eigenvalue weighted by atomic mass is 32.2. The second kappa shape index (κ2) is 12.2. The van der Waals surface area contributed by atoms with Crippen LogP contribution < -0.4 is 15.4 Å². The smallest absolute Gasteiger partial charge is 0.238 e. The molecule has 4 rings (SSSR count). The van der Waals surface area contributed by atoms with Gasteiger partial charge >= 0.3 is 0 Å². The minimum Gasteiger partial charge on any atom is -0.497 e. The Morgan fingerprint density at radius 2 is 1.66 bits per heavy atom. The summed E-state index contributed by atoms with van der Waals surface area (Å²) in [4.78, 5) is 17.0. The van der Waals surface area contributed by atoms with E-state index in [1.165, 1.54) is 26.5 Å². The zero-order valence-electron chi connectivity index (χ0n) is 20.8. The Morgan fingerprint density at radius 1 is 1.00 bits per heavy atom. The van der Waals surface area contributed by atoms with E-state index in [4.69, 9.17) is 4.74 Å². The van der Waals surface area contributed by atoms with Gasteiger partial charge in [-0.05, 0) is 111 Å². The van der Waals surface area contributed by atoms with Crippen molar-refractivity contribution in [1.82, 2.24) is 10.2 Å². The standard InChI is InChI=1S/C29H35N3O2S/c1-21-4-7-24(31-29(33)19-30-2)18-28(21)23-14-16-32(17-15-23)20-22-5-10-26(11-6-22)35-27-12-8-25(34-3)9-13-27/h4-13,18,23,30H,14-17,19-20H2,1-3H3,(H,31,33). The van der Waals surface area contributed by atoms with Gasteiger partial charge in [0, 0.05) is 22.0 Å². The number of aryl methyl sites for hydroxylation is 1. The average Bonchev–Trinajstić information content (AvgIpc) is 2.87.